The minimum absolute atomic E-state index is 0.265. The zero-order valence-corrected chi connectivity index (χ0v) is 13.2. The van der Waals surface area contributed by atoms with Crippen LogP contribution in [-0.4, -0.2) is 9.55 Å². The number of imidazole rings is 1. The van der Waals surface area contributed by atoms with E-state index in [0.717, 1.165) is 5.69 Å². The lowest BCUT2D eigenvalue weighted by molar-refractivity contribution is 0.607. The number of nitrogens with one attached hydrogen (secondary N) is 1. The second kappa shape index (κ2) is 5.51. The maximum absolute atomic E-state index is 13.2. The molecule has 1 heterocycles. The fourth-order valence-electron chi connectivity index (χ4n) is 1.78. The molecule has 0 radical (unpaired) electrons. The van der Waals surface area contributed by atoms with E-state index in [1.54, 1.807) is 0 Å². The molecule has 1 N–H and O–H groups in total. The van der Waals surface area contributed by atoms with E-state index >= 15 is 0 Å². The summed E-state index contributed by atoms with van der Waals surface area (Å²) in [6.45, 7) is 6.05. The number of aryl methyl sites for hydroxylation is 1. The van der Waals surface area contributed by atoms with E-state index in [1.165, 1.54) is 12.1 Å². The van der Waals surface area contributed by atoms with Gasteiger partial charge in [0, 0.05) is 16.7 Å². The maximum Gasteiger partial charge on any atom is 0.207 e. The van der Waals surface area contributed by atoms with Gasteiger partial charge < -0.3 is 9.88 Å². The number of benzene rings is 1. The SMILES string of the molecule is Cc1cn(C(C)C)c(Nc2c(Cl)cc(F)cc2Br)n1. The first-order valence-corrected chi connectivity index (χ1v) is 7.02. The van der Waals surface area contributed by atoms with Gasteiger partial charge >= 0.3 is 0 Å². The summed E-state index contributed by atoms with van der Waals surface area (Å²) in [7, 11) is 0. The second-order valence-corrected chi connectivity index (χ2v) is 5.84. The van der Waals surface area contributed by atoms with Crippen LogP contribution in [0, 0.1) is 12.7 Å². The van der Waals surface area contributed by atoms with E-state index < -0.39 is 0 Å². The Morgan fingerprint density at radius 2 is 2.11 bits per heavy atom. The fourth-order valence-corrected chi connectivity index (χ4v) is 2.67. The number of hydrogen-bond acceptors (Lipinski definition) is 2. The van der Waals surface area contributed by atoms with E-state index in [0.29, 0.717) is 21.1 Å². The highest BCUT2D eigenvalue weighted by molar-refractivity contribution is 9.10. The molecule has 19 heavy (non-hydrogen) atoms. The standard InChI is InChI=1S/C13H14BrClFN3/c1-7(2)19-6-8(3)17-13(19)18-12-10(14)4-9(16)5-11(12)15/h4-7H,1-3H3,(H,17,18). The van der Waals surface area contributed by atoms with Crippen LogP contribution in [0.2, 0.25) is 5.02 Å². The lowest BCUT2D eigenvalue weighted by atomic mass is 10.3. The van der Waals surface area contributed by atoms with Gasteiger partial charge in [0.2, 0.25) is 5.95 Å². The molecule has 0 aliphatic heterocycles. The van der Waals surface area contributed by atoms with E-state index in [-0.39, 0.29) is 11.9 Å². The van der Waals surface area contributed by atoms with Crippen molar-refractivity contribution in [2.24, 2.45) is 0 Å². The zero-order chi connectivity index (χ0) is 14.2. The van der Waals surface area contributed by atoms with E-state index in [2.05, 4.69) is 40.1 Å². The number of nitrogens with zero attached hydrogens (tertiary/aromatic N) is 2. The largest absolute Gasteiger partial charge is 0.323 e. The molecule has 0 amide bonds. The molecule has 0 saturated heterocycles. The normalized spacial score (nSPS) is 11.1. The molecule has 2 rings (SSSR count). The summed E-state index contributed by atoms with van der Waals surface area (Å²) in [5.41, 5.74) is 1.51. The summed E-state index contributed by atoms with van der Waals surface area (Å²) in [5, 5.41) is 3.45. The Morgan fingerprint density at radius 3 is 2.68 bits per heavy atom. The Balaban J connectivity index is 2.42. The third-order valence-electron chi connectivity index (χ3n) is 2.65. The van der Waals surface area contributed by atoms with Gasteiger partial charge in [-0.2, -0.15) is 0 Å². The first kappa shape index (κ1) is 14.3. The summed E-state index contributed by atoms with van der Waals surface area (Å²) < 4.78 is 15.8. The van der Waals surface area contributed by atoms with E-state index in [9.17, 15) is 4.39 Å². The predicted molar refractivity (Wildman–Crippen MR) is 79.7 cm³/mol. The highest BCUT2D eigenvalue weighted by atomic mass is 79.9. The third-order valence-corrected chi connectivity index (χ3v) is 3.58. The highest BCUT2D eigenvalue weighted by Crippen LogP contribution is 2.34. The van der Waals surface area contributed by atoms with Crippen molar-refractivity contribution in [3.8, 4) is 0 Å². The molecule has 1 aromatic carbocycles. The topological polar surface area (TPSA) is 29.9 Å². The minimum Gasteiger partial charge on any atom is -0.323 e. The summed E-state index contributed by atoms with van der Waals surface area (Å²) in [5.74, 6) is 0.299. The van der Waals surface area contributed by atoms with E-state index in [4.69, 9.17) is 11.6 Å². The molecule has 0 bridgehead atoms. The number of rotatable bonds is 3. The maximum atomic E-state index is 13.2. The van der Waals surface area contributed by atoms with Crippen LogP contribution in [0.15, 0.2) is 22.8 Å². The summed E-state index contributed by atoms with van der Waals surface area (Å²) in [4.78, 5) is 4.41. The van der Waals surface area contributed by atoms with Crippen LogP contribution in [-0.2, 0) is 0 Å². The Morgan fingerprint density at radius 1 is 1.42 bits per heavy atom. The van der Waals surface area contributed by atoms with Gasteiger partial charge in [-0.3, -0.25) is 0 Å². The average molecular weight is 347 g/mol. The smallest absolute Gasteiger partial charge is 0.207 e. The Hall–Kier alpha value is -1.07. The molecule has 0 aliphatic rings. The molecule has 0 saturated carbocycles. The summed E-state index contributed by atoms with van der Waals surface area (Å²) in [6.07, 6.45) is 1.96. The Bertz CT molecular complexity index is 587. The first-order chi connectivity index (χ1) is 8.88. The molecule has 1 aromatic heterocycles. The molecule has 0 spiro atoms. The monoisotopic (exact) mass is 345 g/mol. The van der Waals surface area contributed by atoms with Gasteiger partial charge in [0.1, 0.15) is 5.82 Å². The highest BCUT2D eigenvalue weighted by Gasteiger charge is 2.13. The third kappa shape index (κ3) is 3.09. The molecule has 6 heteroatoms. The molecular formula is C13H14BrClFN3. The number of aromatic nitrogens is 2. The van der Waals surface area contributed by atoms with Gasteiger partial charge in [0.25, 0.3) is 0 Å². The predicted octanol–water partition coefficient (Wildman–Crippen LogP) is 5.07. The summed E-state index contributed by atoms with van der Waals surface area (Å²) in [6, 6.07) is 2.90. The van der Waals surface area contributed by atoms with Gasteiger partial charge in [-0.25, -0.2) is 9.37 Å². The van der Waals surface area contributed by atoms with Crippen LogP contribution in [0.1, 0.15) is 25.6 Å². The quantitative estimate of drug-likeness (QED) is 0.840. The van der Waals surface area contributed by atoms with Crippen molar-refractivity contribution in [3.63, 3.8) is 0 Å². The van der Waals surface area contributed by atoms with Crippen molar-refractivity contribution in [2.75, 3.05) is 5.32 Å². The Labute approximate surface area is 124 Å². The minimum atomic E-state index is -0.384. The summed E-state index contributed by atoms with van der Waals surface area (Å²) >= 11 is 9.35. The molecule has 0 aliphatic carbocycles. The van der Waals surface area contributed by atoms with Crippen molar-refractivity contribution in [1.29, 1.82) is 0 Å². The van der Waals surface area contributed by atoms with Crippen molar-refractivity contribution in [2.45, 2.75) is 26.8 Å². The van der Waals surface area contributed by atoms with E-state index in [1.807, 2.05) is 17.7 Å². The van der Waals surface area contributed by atoms with Gasteiger partial charge in [-0.1, -0.05) is 11.6 Å². The molecule has 2 aromatic rings. The van der Waals surface area contributed by atoms with Crippen molar-refractivity contribution >= 4 is 39.2 Å². The van der Waals surface area contributed by atoms with Crippen LogP contribution in [0.25, 0.3) is 0 Å². The average Bonchev–Trinajstić information content (AvgIpc) is 2.65. The second-order valence-electron chi connectivity index (χ2n) is 4.58. The van der Waals surface area contributed by atoms with Crippen molar-refractivity contribution in [3.05, 3.63) is 39.3 Å². The Kier molecular flexibility index (Phi) is 4.16. The number of hydrogen-bond donors (Lipinski definition) is 1. The van der Waals surface area contributed by atoms with Gasteiger partial charge in [-0.05, 0) is 48.8 Å². The van der Waals surface area contributed by atoms with Crippen LogP contribution < -0.4 is 5.32 Å². The first-order valence-electron chi connectivity index (χ1n) is 5.85. The number of anilines is 2. The molecular weight excluding hydrogens is 333 g/mol. The zero-order valence-electron chi connectivity index (χ0n) is 10.8. The van der Waals surface area contributed by atoms with Crippen molar-refractivity contribution < 1.29 is 4.39 Å². The molecule has 0 fully saturated rings. The van der Waals surface area contributed by atoms with Crippen molar-refractivity contribution in [1.82, 2.24) is 9.55 Å². The van der Waals surface area contributed by atoms with Crippen LogP contribution in [0.5, 0.6) is 0 Å². The van der Waals surface area contributed by atoms with Gasteiger partial charge in [0.15, 0.2) is 0 Å². The van der Waals surface area contributed by atoms with Crippen LogP contribution >= 0.6 is 27.5 Å². The fraction of sp³-hybridized carbons (Fsp3) is 0.308. The molecule has 3 nitrogen and oxygen atoms in total. The van der Waals surface area contributed by atoms with Gasteiger partial charge in [-0.15, -0.1) is 0 Å². The van der Waals surface area contributed by atoms with Crippen LogP contribution in [0.4, 0.5) is 16.0 Å². The molecule has 102 valence electrons. The lowest BCUT2D eigenvalue weighted by Crippen LogP contribution is -2.06. The van der Waals surface area contributed by atoms with Gasteiger partial charge in [0.05, 0.1) is 16.4 Å². The molecule has 0 atom stereocenters. The lowest BCUT2D eigenvalue weighted by Gasteiger charge is -2.14. The van der Waals surface area contributed by atoms with Crippen LogP contribution in [0.3, 0.4) is 0 Å². The number of halogens is 3. The molecule has 0 unspecified atom stereocenters.